The van der Waals surface area contributed by atoms with Crippen LogP contribution in [0.5, 0.6) is 5.88 Å². The third kappa shape index (κ3) is 3.82. The fourth-order valence-electron chi connectivity index (χ4n) is 4.09. The van der Waals surface area contributed by atoms with Crippen LogP contribution in [0.25, 0.3) is 0 Å². The fourth-order valence-corrected chi connectivity index (χ4v) is 4.09. The Balaban J connectivity index is 1.33. The molecule has 0 fully saturated rings. The van der Waals surface area contributed by atoms with Crippen LogP contribution in [0.1, 0.15) is 40.9 Å². The molecule has 0 unspecified atom stereocenters. The summed E-state index contributed by atoms with van der Waals surface area (Å²) in [6.45, 7) is 6.84. The molecule has 0 aliphatic carbocycles. The Bertz CT molecular complexity index is 1130. The number of benzene rings is 1. The molecule has 3 aromatic rings. The molecule has 8 nitrogen and oxygen atoms in total. The van der Waals surface area contributed by atoms with E-state index in [1.807, 2.05) is 18.2 Å². The van der Waals surface area contributed by atoms with E-state index in [1.165, 1.54) is 17.3 Å². The van der Waals surface area contributed by atoms with Crippen LogP contribution in [0.2, 0.25) is 0 Å². The SMILES string of the molecule is CC1(C)CNCc2cc(Nc3ncc4c(n3)OCN(Cc3cccnc3)C4=O)ccc21. The first-order chi connectivity index (χ1) is 15.0. The van der Waals surface area contributed by atoms with Gasteiger partial charge in [0.2, 0.25) is 11.8 Å². The second kappa shape index (κ2) is 7.63. The van der Waals surface area contributed by atoms with Crippen LogP contribution >= 0.6 is 0 Å². The molecule has 0 atom stereocenters. The Morgan fingerprint density at radius 3 is 3.00 bits per heavy atom. The Hall–Kier alpha value is -3.52. The second-order valence-electron chi connectivity index (χ2n) is 8.53. The lowest BCUT2D eigenvalue weighted by atomic mass is 9.79. The first-order valence-electron chi connectivity index (χ1n) is 10.3. The number of nitrogens with one attached hydrogen (secondary N) is 2. The van der Waals surface area contributed by atoms with Crippen molar-refractivity contribution in [1.82, 2.24) is 25.2 Å². The van der Waals surface area contributed by atoms with E-state index in [0.717, 1.165) is 24.3 Å². The summed E-state index contributed by atoms with van der Waals surface area (Å²) in [6, 6.07) is 10.1. The number of fused-ring (bicyclic) bond motifs is 2. The molecule has 1 amide bonds. The molecule has 0 bridgehead atoms. The molecule has 2 N–H and O–H groups in total. The van der Waals surface area contributed by atoms with Crippen molar-refractivity contribution in [3.8, 4) is 5.88 Å². The largest absolute Gasteiger partial charge is 0.455 e. The first-order valence-corrected chi connectivity index (χ1v) is 10.3. The third-order valence-electron chi connectivity index (χ3n) is 5.70. The summed E-state index contributed by atoms with van der Waals surface area (Å²) < 4.78 is 5.76. The summed E-state index contributed by atoms with van der Waals surface area (Å²) in [4.78, 5) is 27.3. The van der Waals surface area contributed by atoms with Crippen LogP contribution in [0.4, 0.5) is 11.6 Å². The number of aromatic nitrogens is 3. The number of hydrogen-bond donors (Lipinski definition) is 2. The minimum Gasteiger partial charge on any atom is -0.455 e. The van der Waals surface area contributed by atoms with Crippen molar-refractivity contribution >= 4 is 17.5 Å². The van der Waals surface area contributed by atoms with Gasteiger partial charge in [0, 0.05) is 42.8 Å². The van der Waals surface area contributed by atoms with Crippen molar-refractivity contribution < 1.29 is 9.53 Å². The van der Waals surface area contributed by atoms with E-state index < -0.39 is 0 Å². The molecule has 8 heteroatoms. The van der Waals surface area contributed by atoms with Gasteiger partial charge < -0.3 is 20.3 Å². The van der Waals surface area contributed by atoms with Crippen molar-refractivity contribution in [2.45, 2.75) is 32.4 Å². The molecule has 0 spiro atoms. The highest BCUT2D eigenvalue weighted by molar-refractivity contribution is 5.97. The summed E-state index contributed by atoms with van der Waals surface area (Å²) in [5.41, 5.74) is 4.91. The zero-order valence-corrected chi connectivity index (χ0v) is 17.6. The molecular formula is C23H24N6O2. The number of carbonyl (C=O) groups excluding carboxylic acids is 1. The van der Waals surface area contributed by atoms with Gasteiger partial charge in [0.15, 0.2) is 6.73 Å². The maximum atomic E-state index is 12.8. The molecule has 0 saturated carbocycles. The number of hydrogen-bond acceptors (Lipinski definition) is 7. The maximum Gasteiger partial charge on any atom is 0.263 e. The summed E-state index contributed by atoms with van der Waals surface area (Å²) in [7, 11) is 0. The summed E-state index contributed by atoms with van der Waals surface area (Å²) >= 11 is 0. The van der Waals surface area contributed by atoms with Gasteiger partial charge in [0.25, 0.3) is 5.91 Å². The molecule has 1 aromatic carbocycles. The van der Waals surface area contributed by atoms with Crippen LogP contribution in [-0.2, 0) is 18.5 Å². The van der Waals surface area contributed by atoms with Gasteiger partial charge in [-0.05, 0) is 34.9 Å². The van der Waals surface area contributed by atoms with E-state index in [1.54, 1.807) is 17.3 Å². The second-order valence-corrected chi connectivity index (χ2v) is 8.53. The number of carbonyl (C=O) groups is 1. The van der Waals surface area contributed by atoms with E-state index in [9.17, 15) is 4.79 Å². The molecule has 2 aromatic heterocycles. The molecule has 5 rings (SSSR count). The van der Waals surface area contributed by atoms with E-state index in [4.69, 9.17) is 4.74 Å². The van der Waals surface area contributed by atoms with Gasteiger partial charge in [0.1, 0.15) is 5.56 Å². The Morgan fingerprint density at radius 1 is 1.26 bits per heavy atom. The van der Waals surface area contributed by atoms with Crippen molar-refractivity contribution in [2.24, 2.45) is 0 Å². The molecule has 4 heterocycles. The molecule has 2 aliphatic rings. The highest BCUT2D eigenvalue weighted by atomic mass is 16.5. The van der Waals surface area contributed by atoms with Crippen molar-refractivity contribution in [3.63, 3.8) is 0 Å². The lowest BCUT2D eigenvalue weighted by molar-refractivity contribution is 0.0484. The Kier molecular flexibility index (Phi) is 4.78. The molecule has 158 valence electrons. The highest BCUT2D eigenvalue weighted by Crippen LogP contribution is 2.32. The normalized spacial score (nSPS) is 16.8. The zero-order chi connectivity index (χ0) is 21.4. The topological polar surface area (TPSA) is 92.3 Å². The average molecular weight is 416 g/mol. The van der Waals surface area contributed by atoms with Crippen LogP contribution in [-0.4, -0.2) is 39.0 Å². The zero-order valence-electron chi connectivity index (χ0n) is 17.6. The van der Waals surface area contributed by atoms with Gasteiger partial charge in [-0.1, -0.05) is 26.0 Å². The smallest absolute Gasteiger partial charge is 0.263 e. The van der Waals surface area contributed by atoms with Gasteiger partial charge >= 0.3 is 0 Å². The van der Waals surface area contributed by atoms with E-state index in [0.29, 0.717) is 23.9 Å². The molecule has 31 heavy (non-hydrogen) atoms. The number of amides is 1. The van der Waals surface area contributed by atoms with Crippen LogP contribution < -0.4 is 15.4 Å². The predicted octanol–water partition coefficient (Wildman–Crippen LogP) is 2.99. The third-order valence-corrected chi connectivity index (χ3v) is 5.70. The average Bonchev–Trinajstić information content (AvgIpc) is 2.76. The van der Waals surface area contributed by atoms with Gasteiger partial charge in [-0.15, -0.1) is 0 Å². The van der Waals surface area contributed by atoms with E-state index in [-0.39, 0.29) is 18.1 Å². The van der Waals surface area contributed by atoms with Gasteiger partial charge in [-0.2, -0.15) is 4.98 Å². The monoisotopic (exact) mass is 416 g/mol. The minimum absolute atomic E-state index is 0.102. The lowest BCUT2D eigenvalue weighted by Gasteiger charge is -2.33. The quantitative estimate of drug-likeness (QED) is 0.675. The van der Waals surface area contributed by atoms with E-state index in [2.05, 4.69) is 51.6 Å². The van der Waals surface area contributed by atoms with Crippen LogP contribution in [0, 0.1) is 0 Å². The van der Waals surface area contributed by atoms with Crippen molar-refractivity contribution in [2.75, 3.05) is 18.6 Å². The fraction of sp³-hybridized carbons (Fsp3) is 0.304. The highest BCUT2D eigenvalue weighted by Gasteiger charge is 2.29. The number of nitrogens with zero attached hydrogens (tertiary/aromatic N) is 4. The molecular weight excluding hydrogens is 392 g/mol. The summed E-state index contributed by atoms with van der Waals surface area (Å²) in [6.07, 6.45) is 4.96. The van der Waals surface area contributed by atoms with Crippen molar-refractivity contribution in [1.29, 1.82) is 0 Å². The van der Waals surface area contributed by atoms with Gasteiger partial charge in [-0.25, -0.2) is 4.98 Å². The summed E-state index contributed by atoms with van der Waals surface area (Å²) in [5, 5.41) is 6.70. The summed E-state index contributed by atoms with van der Waals surface area (Å²) in [5.74, 6) is 0.541. The van der Waals surface area contributed by atoms with Crippen LogP contribution in [0.3, 0.4) is 0 Å². The van der Waals surface area contributed by atoms with Gasteiger partial charge in [-0.3, -0.25) is 9.78 Å². The molecule has 2 aliphatic heterocycles. The maximum absolute atomic E-state index is 12.8. The Morgan fingerprint density at radius 2 is 2.16 bits per heavy atom. The predicted molar refractivity (Wildman–Crippen MR) is 116 cm³/mol. The number of ether oxygens (including phenoxy) is 1. The molecule has 0 saturated heterocycles. The van der Waals surface area contributed by atoms with Gasteiger partial charge in [0.05, 0.1) is 6.54 Å². The lowest BCUT2D eigenvalue weighted by Crippen LogP contribution is -2.38. The molecule has 0 radical (unpaired) electrons. The standard InChI is InChI=1S/C23H24N6O2/c1-23(2)13-25-10-16-8-17(5-6-19(16)23)27-22-26-11-18-20(28-22)31-14-29(21(18)30)12-15-4-3-7-24-9-15/h3-9,11,25H,10,12-14H2,1-2H3,(H,26,27,28). The minimum atomic E-state index is -0.154. The number of anilines is 2. The van der Waals surface area contributed by atoms with Crippen molar-refractivity contribution in [3.05, 3.63) is 71.2 Å². The first kappa shape index (κ1) is 19.4. The number of pyridine rings is 1. The van der Waals surface area contributed by atoms with E-state index >= 15 is 0 Å². The van der Waals surface area contributed by atoms with Crippen LogP contribution in [0.15, 0.2) is 48.9 Å². The Labute approximate surface area is 180 Å². The number of rotatable bonds is 4.